The van der Waals surface area contributed by atoms with E-state index in [1.807, 2.05) is 69.1 Å². The molecular weight excluding hydrogens is 323 g/mol. The van der Waals surface area contributed by atoms with Crippen LogP contribution in [0.2, 0.25) is 0 Å². The zero-order chi connectivity index (χ0) is 18.6. The van der Waals surface area contributed by atoms with Crippen molar-refractivity contribution < 1.29 is 13.2 Å². The Bertz CT molecular complexity index is 801. The van der Waals surface area contributed by atoms with Crippen molar-refractivity contribution in [3.63, 3.8) is 0 Å². The van der Waals surface area contributed by atoms with Crippen molar-refractivity contribution in [2.24, 2.45) is 0 Å². The minimum atomic E-state index is -4.36. The van der Waals surface area contributed by atoms with Crippen molar-refractivity contribution in [3.05, 3.63) is 82.9 Å². The quantitative estimate of drug-likeness (QED) is 0.575. The van der Waals surface area contributed by atoms with Crippen LogP contribution in [0.5, 0.6) is 0 Å². The smallest absolute Gasteiger partial charge is 0.344 e. The minimum absolute atomic E-state index is 0.529. The van der Waals surface area contributed by atoms with Crippen molar-refractivity contribution in [1.82, 2.24) is 0 Å². The van der Waals surface area contributed by atoms with Gasteiger partial charge in [0, 0.05) is 18.4 Å². The summed E-state index contributed by atoms with van der Waals surface area (Å²) in [5, 5.41) is 0. The molecule has 2 aromatic carbocycles. The summed E-state index contributed by atoms with van der Waals surface area (Å²) >= 11 is 0. The van der Waals surface area contributed by atoms with Crippen LogP contribution >= 0.6 is 0 Å². The first-order valence-corrected chi connectivity index (χ1v) is 8.05. The molecule has 0 aliphatic carbocycles. The molecule has 2 aromatic rings. The maximum Gasteiger partial charge on any atom is 0.416 e. The number of alkyl halides is 3. The highest BCUT2D eigenvalue weighted by Crippen LogP contribution is 2.33. The molecule has 2 rings (SSSR count). The fraction of sp³-hybridized carbons (Fsp3) is 0.238. The normalized spacial score (nSPS) is 13.1. The highest BCUT2D eigenvalue weighted by molar-refractivity contribution is 5.81. The van der Waals surface area contributed by atoms with E-state index in [1.165, 1.54) is 12.1 Å². The lowest BCUT2D eigenvalue weighted by atomic mass is 10.0. The lowest BCUT2D eigenvalue weighted by molar-refractivity contribution is -0.137. The molecule has 0 bridgehead atoms. The Morgan fingerprint density at radius 2 is 1.72 bits per heavy atom. The van der Waals surface area contributed by atoms with Gasteiger partial charge in [0.15, 0.2) is 0 Å². The highest BCUT2D eigenvalue weighted by atomic mass is 19.4. The van der Waals surface area contributed by atoms with Crippen LogP contribution < -0.4 is 4.90 Å². The molecule has 0 spiro atoms. The molecule has 132 valence electrons. The first kappa shape index (κ1) is 18.8. The number of rotatable bonds is 4. The van der Waals surface area contributed by atoms with Crippen molar-refractivity contribution in [2.45, 2.75) is 26.9 Å². The van der Waals surface area contributed by atoms with Crippen LogP contribution in [0.25, 0.3) is 5.70 Å². The summed E-state index contributed by atoms with van der Waals surface area (Å²) in [7, 11) is 1.87. The number of hydrogen-bond acceptors (Lipinski definition) is 1. The molecule has 0 aromatic heterocycles. The highest BCUT2D eigenvalue weighted by Gasteiger charge is 2.30. The third-order valence-corrected chi connectivity index (χ3v) is 4.14. The van der Waals surface area contributed by atoms with Crippen LogP contribution in [0.4, 0.5) is 18.9 Å². The molecule has 0 aliphatic heterocycles. The zero-order valence-corrected chi connectivity index (χ0v) is 14.9. The molecule has 1 nitrogen and oxygen atoms in total. The van der Waals surface area contributed by atoms with Crippen LogP contribution in [-0.4, -0.2) is 7.05 Å². The largest absolute Gasteiger partial charge is 0.416 e. The standard InChI is InChI=1S/C21H22F3N/c1-5-15(2)13-20(25(4)19-12-7-6-9-16(19)3)17-10-8-11-18(14-17)21(22,23)24/h5-14H,1-4H3/b15-5+,20-13-. The lowest BCUT2D eigenvalue weighted by Gasteiger charge is -2.26. The van der Waals surface area contributed by atoms with E-state index in [1.54, 1.807) is 6.07 Å². The molecule has 0 radical (unpaired) electrons. The van der Waals surface area contributed by atoms with E-state index in [-0.39, 0.29) is 0 Å². The van der Waals surface area contributed by atoms with E-state index in [0.29, 0.717) is 5.56 Å². The van der Waals surface area contributed by atoms with Crippen molar-refractivity contribution >= 4 is 11.4 Å². The summed E-state index contributed by atoms with van der Waals surface area (Å²) in [5.41, 5.74) is 3.59. The van der Waals surface area contributed by atoms with Crippen LogP contribution in [0.15, 0.2) is 66.3 Å². The maximum atomic E-state index is 13.1. The number of allylic oxidation sites excluding steroid dienone is 3. The Balaban J connectivity index is 2.59. The maximum absolute atomic E-state index is 13.1. The Morgan fingerprint density at radius 3 is 2.32 bits per heavy atom. The van der Waals surface area contributed by atoms with Gasteiger partial charge in [-0.15, -0.1) is 0 Å². The predicted octanol–water partition coefficient (Wildman–Crippen LogP) is 6.46. The first-order valence-electron chi connectivity index (χ1n) is 8.05. The van der Waals surface area contributed by atoms with Crippen molar-refractivity contribution in [3.8, 4) is 0 Å². The van der Waals surface area contributed by atoms with Gasteiger partial charge in [-0.05, 0) is 56.2 Å². The van der Waals surface area contributed by atoms with E-state index in [0.717, 1.165) is 28.6 Å². The average Bonchev–Trinajstić information content (AvgIpc) is 2.58. The van der Waals surface area contributed by atoms with Gasteiger partial charge >= 0.3 is 6.18 Å². The summed E-state index contributed by atoms with van der Waals surface area (Å²) in [6.45, 7) is 5.82. The fourth-order valence-corrected chi connectivity index (χ4v) is 2.60. The number of anilines is 1. The number of para-hydroxylation sites is 1. The lowest BCUT2D eigenvalue weighted by Crippen LogP contribution is -2.17. The van der Waals surface area contributed by atoms with Crippen LogP contribution in [0.3, 0.4) is 0 Å². The molecule has 0 amide bonds. The van der Waals surface area contributed by atoms with Crippen LogP contribution in [0, 0.1) is 6.92 Å². The number of hydrogen-bond donors (Lipinski definition) is 0. The van der Waals surface area contributed by atoms with E-state index in [4.69, 9.17) is 0 Å². The Kier molecular flexibility index (Phi) is 5.73. The third kappa shape index (κ3) is 4.53. The molecule has 0 saturated carbocycles. The molecule has 0 saturated heterocycles. The summed E-state index contributed by atoms with van der Waals surface area (Å²) in [4.78, 5) is 1.93. The molecule has 0 N–H and O–H groups in total. The van der Waals surface area contributed by atoms with E-state index >= 15 is 0 Å². The molecule has 0 unspecified atom stereocenters. The second-order valence-electron chi connectivity index (χ2n) is 5.99. The van der Waals surface area contributed by atoms with Crippen molar-refractivity contribution in [1.29, 1.82) is 0 Å². The Labute approximate surface area is 147 Å². The van der Waals surface area contributed by atoms with Crippen molar-refractivity contribution in [2.75, 3.05) is 11.9 Å². The van der Waals surface area contributed by atoms with Gasteiger partial charge in [0.2, 0.25) is 0 Å². The number of aryl methyl sites for hydroxylation is 1. The monoisotopic (exact) mass is 345 g/mol. The number of nitrogens with zero attached hydrogens (tertiary/aromatic N) is 1. The van der Waals surface area contributed by atoms with Gasteiger partial charge in [-0.25, -0.2) is 0 Å². The number of halogens is 3. The van der Waals surface area contributed by atoms with Gasteiger partial charge < -0.3 is 4.90 Å². The summed E-state index contributed by atoms with van der Waals surface area (Å²) < 4.78 is 39.3. The van der Waals surface area contributed by atoms with Gasteiger partial charge in [0.25, 0.3) is 0 Å². The summed E-state index contributed by atoms with van der Waals surface area (Å²) in [5.74, 6) is 0. The summed E-state index contributed by atoms with van der Waals surface area (Å²) in [6, 6.07) is 13.3. The molecule has 0 fully saturated rings. The van der Waals surface area contributed by atoms with E-state index < -0.39 is 11.7 Å². The SMILES string of the molecule is C/C=C(C)/C=C(/c1cccc(C(F)(F)F)c1)N(C)c1ccccc1C. The molecule has 0 heterocycles. The number of benzene rings is 2. The Hall–Kier alpha value is -2.49. The zero-order valence-electron chi connectivity index (χ0n) is 14.9. The van der Waals surface area contributed by atoms with Crippen LogP contribution in [0.1, 0.15) is 30.5 Å². The third-order valence-electron chi connectivity index (χ3n) is 4.14. The van der Waals surface area contributed by atoms with Gasteiger partial charge in [-0.3, -0.25) is 0 Å². The molecule has 25 heavy (non-hydrogen) atoms. The van der Waals surface area contributed by atoms with Gasteiger partial charge in [-0.1, -0.05) is 42.0 Å². The molecule has 4 heteroatoms. The van der Waals surface area contributed by atoms with Gasteiger partial charge in [-0.2, -0.15) is 13.2 Å². The van der Waals surface area contributed by atoms with Gasteiger partial charge in [0.05, 0.1) is 5.56 Å². The Morgan fingerprint density at radius 1 is 1.04 bits per heavy atom. The van der Waals surface area contributed by atoms with Gasteiger partial charge in [0.1, 0.15) is 0 Å². The predicted molar refractivity (Wildman–Crippen MR) is 98.4 cm³/mol. The van der Waals surface area contributed by atoms with E-state index in [9.17, 15) is 13.2 Å². The second-order valence-corrected chi connectivity index (χ2v) is 5.99. The molecular formula is C21H22F3N. The molecule has 0 atom stereocenters. The average molecular weight is 345 g/mol. The second kappa shape index (κ2) is 7.60. The molecule has 0 aliphatic rings. The topological polar surface area (TPSA) is 3.24 Å². The fourth-order valence-electron chi connectivity index (χ4n) is 2.60. The first-order chi connectivity index (χ1) is 11.7. The summed E-state index contributed by atoms with van der Waals surface area (Å²) in [6.07, 6.45) is -0.529. The minimum Gasteiger partial charge on any atom is -0.344 e. The van der Waals surface area contributed by atoms with E-state index in [2.05, 4.69) is 0 Å². The van der Waals surface area contributed by atoms with Crippen LogP contribution in [-0.2, 0) is 6.18 Å².